The van der Waals surface area contributed by atoms with Gasteiger partial charge in [0.25, 0.3) is 0 Å². The van der Waals surface area contributed by atoms with Gasteiger partial charge in [-0.2, -0.15) is 11.8 Å². The maximum absolute atomic E-state index is 6.26. The first-order valence-electron chi connectivity index (χ1n) is 7.16. The van der Waals surface area contributed by atoms with Crippen molar-refractivity contribution in [3.8, 4) is 5.75 Å². The molecule has 20 heavy (non-hydrogen) atoms. The predicted molar refractivity (Wildman–Crippen MR) is 91.2 cm³/mol. The molecule has 4 heteroatoms. The van der Waals surface area contributed by atoms with Crippen molar-refractivity contribution in [2.45, 2.75) is 46.2 Å². The molecular formula is C16H26ClNOS. The van der Waals surface area contributed by atoms with E-state index in [-0.39, 0.29) is 5.54 Å². The Balaban J connectivity index is 2.43. The van der Waals surface area contributed by atoms with Gasteiger partial charge in [0.05, 0.1) is 11.6 Å². The van der Waals surface area contributed by atoms with Gasteiger partial charge in [-0.1, -0.05) is 24.6 Å². The van der Waals surface area contributed by atoms with Crippen LogP contribution in [0, 0.1) is 0 Å². The lowest BCUT2D eigenvalue weighted by Crippen LogP contribution is -2.35. The highest BCUT2D eigenvalue weighted by Gasteiger charge is 2.09. The van der Waals surface area contributed by atoms with Crippen LogP contribution in [0.1, 0.15) is 39.7 Å². The van der Waals surface area contributed by atoms with Gasteiger partial charge in [0.1, 0.15) is 5.75 Å². The summed E-state index contributed by atoms with van der Waals surface area (Å²) in [5.41, 5.74) is 1.29. The molecule has 0 heterocycles. The Morgan fingerprint density at radius 1 is 1.30 bits per heavy atom. The molecule has 0 aliphatic heterocycles. The second kappa shape index (κ2) is 8.81. The van der Waals surface area contributed by atoms with Crippen LogP contribution in [0.25, 0.3) is 0 Å². The number of ether oxygens (including phenoxy) is 1. The van der Waals surface area contributed by atoms with Gasteiger partial charge in [0, 0.05) is 12.1 Å². The molecule has 1 aromatic carbocycles. The van der Waals surface area contributed by atoms with Gasteiger partial charge in [-0.3, -0.25) is 0 Å². The minimum atomic E-state index is 0.110. The van der Waals surface area contributed by atoms with Crippen LogP contribution in [-0.2, 0) is 6.54 Å². The normalized spacial score (nSPS) is 11.7. The highest BCUT2D eigenvalue weighted by molar-refractivity contribution is 7.99. The van der Waals surface area contributed by atoms with E-state index in [0.29, 0.717) is 5.02 Å². The predicted octanol–water partition coefficient (Wildman–Crippen LogP) is 4.75. The second-order valence-electron chi connectivity index (χ2n) is 5.77. The van der Waals surface area contributed by atoms with Crippen molar-refractivity contribution in [3.05, 3.63) is 28.8 Å². The number of thioether (sulfide) groups is 1. The molecule has 0 aromatic heterocycles. The van der Waals surface area contributed by atoms with Crippen molar-refractivity contribution in [1.82, 2.24) is 5.32 Å². The summed E-state index contributed by atoms with van der Waals surface area (Å²) < 4.78 is 5.72. The number of benzene rings is 1. The first-order chi connectivity index (χ1) is 9.42. The van der Waals surface area contributed by atoms with Crippen LogP contribution in [0.4, 0.5) is 0 Å². The summed E-state index contributed by atoms with van der Waals surface area (Å²) in [7, 11) is 0. The minimum absolute atomic E-state index is 0.110. The van der Waals surface area contributed by atoms with Crippen molar-refractivity contribution in [1.29, 1.82) is 0 Å². The molecule has 2 nitrogen and oxygen atoms in total. The van der Waals surface area contributed by atoms with Crippen molar-refractivity contribution in [2.75, 3.05) is 18.1 Å². The Labute approximate surface area is 132 Å². The van der Waals surface area contributed by atoms with Crippen molar-refractivity contribution < 1.29 is 4.74 Å². The number of rotatable bonds is 8. The maximum Gasteiger partial charge on any atom is 0.137 e. The maximum atomic E-state index is 6.26. The standard InChI is InChI=1S/C16H26ClNOS/c1-5-20-10-6-9-19-15-8-7-13(11-14(15)17)12-18-16(2,3)4/h7-8,11,18H,5-6,9-10,12H2,1-4H3. The first-order valence-corrected chi connectivity index (χ1v) is 8.69. The van der Waals surface area contributed by atoms with E-state index in [9.17, 15) is 0 Å². The molecule has 0 atom stereocenters. The summed E-state index contributed by atoms with van der Waals surface area (Å²) in [4.78, 5) is 0. The van der Waals surface area contributed by atoms with E-state index in [1.54, 1.807) is 0 Å². The van der Waals surface area contributed by atoms with E-state index in [2.05, 4.69) is 39.1 Å². The Bertz CT molecular complexity index is 404. The number of hydrogen-bond acceptors (Lipinski definition) is 3. The quantitative estimate of drug-likeness (QED) is 0.699. The Morgan fingerprint density at radius 2 is 2.05 bits per heavy atom. The molecule has 0 saturated heterocycles. The van der Waals surface area contributed by atoms with E-state index >= 15 is 0 Å². The van der Waals surface area contributed by atoms with Crippen LogP contribution in [-0.4, -0.2) is 23.7 Å². The van der Waals surface area contributed by atoms with Crippen LogP contribution < -0.4 is 10.1 Å². The van der Waals surface area contributed by atoms with E-state index in [1.165, 1.54) is 5.56 Å². The van der Waals surface area contributed by atoms with Gasteiger partial charge >= 0.3 is 0 Å². The molecule has 0 fully saturated rings. The molecule has 0 bridgehead atoms. The van der Waals surface area contributed by atoms with Gasteiger partial charge in [-0.15, -0.1) is 0 Å². The third kappa shape index (κ3) is 7.41. The Kier molecular flexibility index (Phi) is 7.78. The average molecular weight is 316 g/mol. The van der Waals surface area contributed by atoms with Crippen LogP contribution >= 0.6 is 23.4 Å². The largest absolute Gasteiger partial charge is 0.492 e. The third-order valence-electron chi connectivity index (χ3n) is 2.71. The third-order valence-corrected chi connectivity index (χ3v) is 3.99. The van der Waals surface area contributed by atoms with Crippen LogP contribution in [0.3, 0.4) is 0 Å². The fraction of sp³-hybridized carbons (Fsp3) is 0.625. The summed E-state index contributed by atoms with van der Waals surface area (Å²) in [5.74, 6) is 3.09. The summed E-state index contributed by atoms with van der Waals surface area (Å²) in [6, 6.07) is 6.02. The second-order valence-corrected chi connectivity index (χ2v) is 7.57. The molecule has 0 amide bonds. The highest BCUT2D eigenvalue weighted by atomic mass is 35.5. The molecule has 0 unspecified atom stereocenters. The lowest BCUT2D eigenvalue weighted by atomic mass is 10.1. The van der Waals surface area contributed by atoms with Gasteiger partial charge in [-0.05, 0) is 56.4 Å². The number of nitrogens with one attached hydrogen (secondary N) is 1. The van der Waals surface area contributed by atoms with E-state index in [0.717, 1.165) is 36.8 Å². The zero-order valence-corrected chi connectivity index (χ0v) is 14.5. The molecule has 0 spiro atoms. The summed E-state index contributed by atoms with van der Waals surface area (Å²) in [6.07, 6.45) is 1.06. The van der Waals surface area contributed by atoms with Gasteiger partial charge in [0.2, 0.25) is 0 Å². The molecule has 1 aromatic rings. The average Bonchev–Trinajstić information content (AvgIpc) is 2.37. The molecule has 0 radical (unpaired) electrons. The van der Waals surface area contributed by atoms with Crippen LogP contribution in [0.5, 0.6) is 5.75 Å². The smallest absolute Gasteiger partial charge is 0.137 e. The molecule has 0 aliphatic carbocycles. The van der Waals surface area contributed by atoms with Crippen molar-refractivity contribution >= 4 is 23.4 Å². The zero-order valence-electron chi connectivity index (χ0n) is 13.0. The monoisotopic (exact) mass is 315 g/mol. The highest BCUT2D eigenvalue weighted by Crippen LogP contribution is 2.26. The van der Waals surface area contributed by atoms with E-state index < -0.39 is 0 Å². The Hall–Kier alpha value is -0.380. The lowest BCUT2D eigenvalue weighted by Gasteiger charge is -2.20. The topological polar surface area (TPSA) is 21.3 Å². The molecule has 114 valence electrons. The fourth-order valence-corrected chi connectivity index (χ4v) is 2.49. The minimum Gasteiger partial charge on any atom is -0.492 e. The molecule has 0 aliphatic rings. The fourth-order valence-electron chi connectivity index (χ4n) is 1.63. The molecular weight excluding hydrogens is 290 g/mol. The van der Waals surface area contributed by atoms with Crippen LogP contribution in [0.2, 0.25) is 5.02 Å². The van der Waals surface area contributed by atoms with Gasteiger partial charge in [0.15, 0.2) is 0 Å². The summed E-state index contributed by atoms with van der Waals surface area (Å²) >= 11 is 8.20. The van der Waals surface area contributed by atoms with Gasteiger partial charge < -0.3 is 10.1 Å². The summed E-state index contributed by atoms with van der Waals surface area (Å²) in [5, 5.41) is 4.14. The van der Waals surface area contributed by atoms with Crippen LogP contribution in [0.15, 0.2) is 18.2 Å². The van der Waals surface area contributed by atoms with Crippen molar-refractivity contribution in [3.63, 3.8) is 0 Å². The molecule has 1 rings (SSSR count). The first kappa shape index (κ1) is 17.7. The Morgan fingerprint density at radius 3 is 2.65 bits per heavy atom. The number of halogens is 1. The molecule has 1 N–H and O–H groups in total. The SMILES string of the molecule is CCSCCCOc1ccc(CNC(C)(C)C)cc1Cl. The number of hydrogen-bond donors (Lipinski definition) is 1. The molecule has 0 saturated carbocycles. The van der Waals surface area contributed by atoms with E-state index in [4.69, 9.17) is 16.3 Å². The lowest BCUT2D eigenvalue weighted by molar-refractivity contribution is 0.319. The summed E-state index contributed by atoms with van der Waals surface area (Å²) in [6.45, 7) is 10.2. The van der Waals surface area contributed by atoms with Gasteiger partial charge in [-0.25, -0.2) is 0 Å². The zero-order chi connectivity index (χ0) is 15.0. The van der Waals surface area contributed by atoms with E-state index in [1.807, 2.05) is 23.9 Å². The van der Waals surface area contributed by atoms with Crippen molar-refractivity contribution in [2.24, 2.45) is 0 Å².